The molecule has 0 saturated carbocycles. The number of hydrogen-bond donors (Lipinski definition) is 0. The SMILES string of the molecule is COc1ccc(S(=O)(=O)CCCCl)cc1C. The molecule has 3 nitrogen and oxygen atoms in total. The molecule has 0 atom stereocenters. The van der Waals surface area contributed by atoms with Gasteiger partial charge in [0, 0.05) is 5.88 Å². The van der Waals surface area contributed by atoms with Gasteiger partial charge in [0.05, 0.1) is 17.8 Å². The lowest BCUT2D eigenvalue weighted by Crippen LogP contribution is -2.07. The van der Waals surface area contributed by atoms with E-state index in [-0.39, 0.29) is 5.75 Å². The summed E-state index contributed by atoms with van der Waals surface area (Å²) in [6.07, 6.45) is 0.467. The number of halogens is 1. The van der Waals surface area contributed by atoms with Crippen molar-refractivity contribution in [3.63, 3.8) is 0 Å². The molecule has 0 aliphatic heterocycles. The molecule has 0 aliphatic carbocycles. The average molecular weight is 263 g/mol. The van der Waals surface area contributed by atoms with Crippen LogP contribution in [0.3, 0.4) is 0 Å². The molecule has 0 spiro atoms. The Balaban J connectivity index is 3.01. The van der Waals surface area contributed by atoms with Crippen molar-refractivity contribution in [2.24, 2.45) is 0 Å². The number of sulfone groups is 1. The van der Waals surface area contributed by atoms with Crippen LogP contribution in [0.25, 0.3) is 0 Å². The van der Waals surface area contributed by atoms with Gasteiger partial charge in [0.15, 0.2) is 9.84 Å². The van der Waals surface area contributed by atoms with E-state index in [1.165, 1.54) is 0 Å². The molecule has 0 amide bonds. The number of ether oxygens (including phenoxy) is 1. The Morgan fingerprint density at radius 2 is 2.06 bits per heavy atom. The Bertz CT molecular complexity index is 454. The summed E-state index contributed by atoms with van der Waals surface area (Å²) in [7, 11) is -1.65. The topological polar surface area (TPSA) is 43.4 Å². The zero-order valence-electron chi connectivity index (χ0n) is 9.36. The highest BCUT2D eigenvalue weighted by Crippen LogP contribution is 2.22. The highest BCUT2D eigenvalue weighted by atomic mass is 35.5. The van der Waals surface area contributed by atoms with E-state index >= 15 is 0 Å². The molecule has 0 fully saturated rings. The molecule has 5 heteroatoms. The zero-order chi connectivity index (χ0) is 12.2. The first-order valence-electron chi connectivity index (χ1n) is 4.94. The fourth-order valence-corrected chi connectivity index (χ4v) is 3.09. The molecular weight excluding hydrogens is 248 g/mol. The van der Waals surface area contributed by atoms with Crippen LogP contribution in [0.5, 0.6) is 5.75 Å². The van der Waals surface area contributed by atoms with E-state index in [0.29, 0.717) is 22.9 Å². The Morgan fingerprint density at radius 3 is 2.56 bits per heavy atom. The third-order valence-electron chi connectivity index (χ3n) is 2.27. The van der Waals surface area contributed by atoms with Gasteiger partial charge >= 0.3 is 0 Å². The minimum Gasteiger partial charge on any atom is -0.496 e. The van der Waals surface area contributed by atoms with Crippen LogP contribution in [0.4, 0.5) is 0 Å². The van der Waals surface area contributed by atoms with Gasteiger partial charge in [0.2, 0.25) is 0 Å². The van der Waals surface area contributed by atoms with Crippen molar-refractivity contribution in [1.29, 1.82) is 0 Å². The standard InChI is InChI=1S/C11H15ClO3S/c1-9-8-10(4-5-11(9)15-2)16(13,14)7-3-6-12/h4-5,8H,3,6-7H2,1-2H3. The van der Waals surface area contributed by atoms with Crippen LogP contribution in [0.2, 0.25) is 0 Å². The summed E-state index contributed by atoms with van der Waals surface area (Å²) in [4.78, 5) is 0.330. The van der Waals surface area contributed by atoms with E-state index in [4.69, 9.17) is 16.3 Å². The Kier molecular flexibility index (Phi) is 4.62. The molecule has 1 aromatic carbocycles. The summed E-state index contributed by atoms with van der Waals surface area (Å²) in [6.45, 7) is 1.82. The first-order chi connectivity index (χ1) is 7.51. The molecule has 0 N–H and O–H groups in total. The lowest BCUT2D eigenvalue weighted by Gasteiger charge is -2.07. The summed E-state index contributed by atoms with van der Waals surface area (Å²) >= 11 is 5.49. The largest absolute Gasteiger partial charge is 0.496 e. The molecule has 1 aromatic rings. The smallest absolute Gasteiger partial charge is 0.178 e. The summed E-state index contributed by atoms with van der Waals surface area (Å²) in [5.74, 6) is 1.13. The molecule has 0 saturated heterocycles. The first kappa shape index (κ1) is 13.3. The summed E-state index contributed by atoms with van der Waals surface area (Å²) in [5.41, 5.74) is 0.814. The number of alkyl halides is 1. The maximum absolute atomic E-state index is 11.8. The predicted octanol–water partition coefficient (Wildman–Crippen LogP) is 2.41. The second-order valence-electron chi connectivity index (χ2n) is 3.49. The number of aryl methyl sites for hydroxylation is 1. The highest BCUT2D eigenvalue weighted by Gasteiger charge is 2.14. The average Bonchev–Trinajstić information content (AvgIpc) is 2.26. The number of methoxy groups -OCH3 is 1. The summed E-state index contributed by atoms with van der Waals surface area (Å²) < 4.78 is 28.8. The first-order valence-corrected chi connectivity index (χ1v) is 7.13. The maximum atomic E-state index is 11.8. The second-order valence-corrected chi connectivity index (χ2v) is 5.98. The van der Waals surface area contributed by atoms with Gasteiger partial charge in [0.1, 0.15) is 5.75 Å². The van der Waals surface area contributed by atoms with Gasteiger partial charge in [-0.2, -0.15) is 0 Å². The van der Waals surface area contributed by atoms with Crippen molar-refractivity contribution < 1.29 is 13.2 Å². The van der Waals surface area contributed by atoms with Crippen LogP contribution >= 0.6 is 11.6 Å². The van der Waals surface area contributed by atoms with E-state index in [9.17, 15) is 8.42 Å². The number of hydrogen-bond acceptors (Lipinski definition) is 3. The van der Waals surface area contributed by atoms with Gasteiger partial charge in [-0.15, -0.1) is 11.6 Å². The van der Waals surface area contributed by atoms with Gasteiger partial charge in [0.25, 0.3) is 0 Å². The fourth-order valence-electron chi connectivity index (χ4n) is 1.41. The zero-order valence-corrected chi connectivity index (χ0v) is 10.9. The quantitative estimate of drug-likeness (QED) is 0.766. The lowest BCUT2D eigenvalue weighted by atomic mass is 10.2. The van der Waals surface area contributed by atoms with E-state index in [1.807, 2.05) is 6.92 Å². The summed E-state index contributed by atoms with van der Waals surface area (Å²) in [6, 6.07) is 4.86. The van der Waals surface area contributed by atoms with Crippen molar-refractivity contribution in [3.05, 3.63) is 23.8 Å². The molecule has 0 radical (unpaired) electrons. The minimum absolute atomic E-state index is 0.0856. The number of rotatable bonds is 5. The highest BCUT2D eigenvalue weighted by molar-refractivity contribution is 7.91. The molecule has 16 heavy (non-hydrogen) atoms. The van der Waals surface area contributed by atoms with Crippen LogP contribution in [0.1, 0.15) is 12.0 Å². The molecule has 0 aromatic heterocycles. The van der Waals surface area contributed by atoms with Crippen LogP contribution < -0.4 is 4.74 Å². The van der Waals surface area contributed by atoms with Crippen molar-refractivity contribution in [2.75, 3.05) is 18.7 Å². The molecule has 0 bridgehead atoms. The van der Waals surface area contributed by atoms with Gasteiger partial charge in [-0.1, -0.05) is 0 Å². The van der Waals surface area contributed by atoms with Crippen molar-refractivity contribution >= 4 is 21.4 Å². The third kappa shape index (κ3) is 3.12. The molecule has 1 rings (SSSR count). The van der Waals surface area contributed by atoms with E-state index in [0.717, 1.165) is 5.56 Å². The van der Waals surface area contributed by atoms with Crippen molar-refractivity contribution in [2.45, 2.75) is 18.2 Å². The Hall–Kier alpha value is -0.740. The fraction of sp³-hybridized carbons (Fsp3) is 0.455. The van der Waals surface area contributed by atoms with Crippen LogP contribution in [0, 0.1) is 6.92 Å². The monoisotopic (exact) mass is 262 g/mol. The lowest BCUT2D eigenvalue weighted by molar-refractivity contribution is 0.411. The van der Waals surface area contributed by atoms with E-state index in [2.05, 4.69) is 0 Å². The number of benzene rings is 1. The molecule has 0 aliphatic rings. The van der Waals surface area contributed by atoms with Gasteiger partial charge < -0.3 is 4.74 Å². The van der Waals surface area contributed by atoms with E-state index in [1.54, 1.807) is 25.3 Å². The van der Waals surface area contributed by atoms with Crippen molar-refractivity contribution in [3.8, 4) is 5.75 Å². The van der Waals surface area contributed by atoms with Gasteiger partial charge in [-0.25, -0.2) is 8.42 Å². The normalized spacial score (nSPS) is 11.4. The van der Waals surface area contributed by atoms with Crippen LogP contribution in [-0.4, -0.2) is 27.2 Å². The van der Waals surface area contributed by atoms with Crippen molar-refractivity contribution in [1.82, 2.24) is 0 Å². The molecule has 0 unspecified atom stereocenters. The summed E-state index contributed by atoms with van der Waals surface area (Å²) in [5, 5.41) is 0. The van der Waals surface area contributed by atoms with Crippen LogP contribution in [0.15, 0.2) is 23.1 Å². The Labute approximate surface area is 101 Å². The Morgan fingerprint density at radius 1 is 1.38 bits per heavy atom. The molecule has 0 heterocycles. The molecule has 90 valence electrons. The molecular formula is C11H15ClO3S. The van der Waals surface area contributed by atoms with Crippen LogP contribution in [-0.2, 0) is 9.84 Å². The third-order valence-corrected chi connectivity index (χ3v) is 4.34. The van der Waals surface area contributed by atoms with Gasteiger partial charge in [-0.3, -0.25) is 0 Å². The van der Waals surface area contributed by atoms with E-state index < -0.39 is 9.84 Å². The van der Waals surface area contributed by atoms with Gasteiger partial charge in [-0.05, 0) is 37.1 Å². The predicted molar refractivity (Wildman–Crippen MR) is 65.1 cm³/mol. The maximum Gasteiger partial charge on any atom is 0.178 e. The second kappa shape index (κ2) is 5.55. The minimum atomic E-state index is -3.21.